The summed E-state index contributed by atoms with van der Waals surface area (Å²) in [5.74, 6) is 0. The number of aromatic amines is 1. The molecule has 0 saturated carbocycles. The molecule has 0 aliphatic rings. The standard InChI is InChI=1S/C20H23BrClN3O/c1-13-16(12-24-25(13)9-8-20(2,3)26)19-15(10-21)17(11-23-19)14-6-4-5-7-18(14)22/h4-7,11-12,23,26H,8-10H2,1-3H3. The van der Waals surface area contributed by atoms with Crippen molar-refractivity contribution in [3.05, 3.63) is 52.9 Å². The van der Waals surface area contributed by atoms with E-state index in [1.807, 2.05) is 55.2 Å². The molecule has 2 aromatic heterocycles. The number of benzene rings is 1. The second-order valence-corrected chi connectivity index (χ2v) is 8.07. The minimum Gasteiger partial charge on any atom is -0.390 e. The number of nitrogens with zero attached hydrogens (tertiary/aromatic N) is 2. The molecule has 0 unspecified atom stereocenters. The van der Waals surface area contributed by atoms with Crippen LogP contribution in [0.25, 0.3) is 22.4 Å². The number of aryl methyl sites for hydroxylation is 1. The molecule has 2 heterocycles. The van der Waals surface area contributed by atoms with Crippen molar-refractivity contribution in [3.8, 4) is 22.4 Å². The Morgan fingerprint density at radius 3 is 2.62 bits per heavy atom. The van der Waals surface area contributed by atoms with Crippen LogP contribution in [0.15, 0.2) is 36.7 Å². The third kappa shape index (κ3) is 3.90. The van der Waals surface area contributed by atoms with Crippen LogP contribution in [-0.4, -0.2) is 25.5 Å². The Morgan fingerprint density at radius 1 is 1.23 bits per heavy atom. The van der Waals surface area contributed by atoms with Crippen molar-refractivity contribution in [1.82, 2.24) is 14.8 Å². The Balaban J connectivity index is 1.99. The zero-order valence-electron chi connectivity index (χ0n) is 15.2. The van der Waals surface area contributed by atoms with Gasteiger partial charge in [0.15, 0.2) is 0 Å². The Hall–Kier alpha value is -1.56. The van der Waals surface area contributed by atoms with Gasteiger partial charge in [0.05, 0.1) is 17.5 Å². The number of rotatable bonds is 6. The van der Waals surface area contributed by atoms with Crippen LogP contribution in [0.5, 0.6) is 0 Å². The van der Waals surface area contributed by atoms with Crippen molar-refractivity contribution in [1.29, 1.82) is 0 Å². The molecule has 2 N–H and O–H groups in total. The topological polar surface area (TPSA) is 53.8 Å². The maximum Gasteiger partial charge on any atom is 0.0609 e. The smallest absolute Gasteiger partial charge is 0.0609 e. The zero-order valence-corrected chi connectivity index (χ0v) is 17.5. The number of alkyl halides is 1. The number of aromatic nitrogens is 3. The Kier molecular flexibility index (Phi) is 5.61. The Morgan fingerprint density at radius 2 is 1.96 bits per heavy atom. The molecule has 6 heteroatoms. The molecule has 0 aliphatic carbocycles. The maximum absolute atomic E-state index is 9.97. The third-order valence-corrected chi connectivity index (χ3v) is 5.48. The molecule has 0 amide bonds. The summed E-state index contributed by atoms with van der Waals surface area (Å²) < 4.78 is 1.95. The number of hydrogen-bond donors (Lipinski definition) is 2. The third-order valence-electron chi connectivity index (χ3n) is 4.59. The van der Waals surface area contributed by atoms with E-state index in [4.69, 9.17) is 11.6 Å². The minimum atomic E-state index is -0.705. The summed E-state index contributed by atoms with van der Waals surface area (Å²) in [6.45, 7) is 6.37. The van der Waals surface area contributed by atoms with Gasteiger partial charge in [-0.3, -0.25) is 4.68 Å². The highest BCUT2D eigenvalue weighted by Gasteiger charge is 2.19. The Bertz CT molecular complexity index is 908. The van der Waals surface area contributed by atoms with Gasteiger partial charge in [-0.2, -0.15) is 5.10 Å². The van der Waals surface area contributed by atoms with Crippen LogP contribution in [0.4, 0.5) is 0 Å². The van der Waals surface area contributed by atoms with Gasteiger partial charge >= 0.3 is 0 Å². The van der Waals surface area contributed by atoms with Gasteiger partial charge in [-0.25, -0.2) is 0 Å². The van der Waals surface area contributed by atoms with Crippen molar-refractivity contribution in [2.45, 2.75) is 44.7 Å². The maximum atomic E-state index is 9.97. The quantitative estimate of drug-likeness (QED) is 0.497. The number of H-pyrrole nitrogens is 1. The average Bonchev–Trinajstić information content (AvgIpc) is 3.15. The first-order chi connectivity index (χ1) is 12.3. The lowest BCUT2D eigenvalue weighted by atomic mass is 10.0. The van der Waals surface area contributed by atoms with E-state index in [-0.39, 0.29) is 0 Å². The fourth-order valence-electron chi connectivity index (χ4n) is 3.05. The summed E-state index contributed by atoms with van der Waals surface area (Å²) in [5.41, 5.74) is 5.73. The lowest BCUT2D eigenvalue weighted by Crippen LogP contribution is -2.21. The van der Waals surface area contributed by atoms with E-state index < -0.39 is 5.60 Å². The predicted octanol–water partition coefficient (Wildman–Crippen LogP) is 5.56. The van der Waals surface area contributed by atoms with Crippen LogP contribution in [-0.2, 0) is 11.9 Å². The largest absolute Gasteiger partial charge is 0.390 e. The van der Waals surface area contributed by atoms with Crippen LogP contribution in [0, 0.1) is 6.92 Å². The van der Waals surface area contributed by atoms with Gasteiger partial charge in [0, 0.05) is 45.5 Å². The molecule has 4 nitrogen and oxygen atoms in total. The van der Waals surface area contributed by atoms with Crippen molar-refractivity contribution in [3.63, 3.8) is 0 Å². The van der Waals surface area contributed by atoms with E-state index >= 15 is 0 Å². The predicted molar refractivity (Wildman–Crippen MR) is 111 cm³/mol. The number of halogens is 2. The lowest BCUT2D eigenvalue weighted by molar-refractivity contribution is 0.0649. The highest BCUT2D eigenvalue weighted by Crippen LogP contribution is 2.37. The van der Waals surface area contributed by atoms with E-state index in [2.05, 4.69) is 32.9 Å². The van der Waals surface area contributed by atoms with E-state index in [0.29, 0.717) is 18.3 Å². The highest BCUT2D eigenvalue weighted by molar-refractivity contribution is 9.08. The second-order valence-electron chi connectivity index (χ2n) is 7.10. The Labute approximate surface area is 167 Å². The van der Waals surface area contributed by atoms with Crippen molar-refractivity contribution in [2.24, 2.45) is 0 Å². The monoisotopic (exact) mass is 435 g/mol. The molecule has 3 aromatic rings. The van der Waals surface area contributed by atoms with Gasteiger partial charge in [0.1, 0.15) is 0 Å². The molecule has 0 spiro atoms. The van der Waals surface area contributed by atoms with Crippen LogP contribution in [0.3, 0.4) is 0 Å². The van der Waals surface area contributed by atoms with Crippen LogP contribution in [0.2, 0.25) is 5.02 Å². The molecule has 138 valence electrons. The van der Waals surface area contributed by atoms with Gasteiger partial charge in [-0.15, -0.1) is 0 Å². The molecule has 3 rings (SSSR count). The van der Waals surface area contributed by atoms with Crippen molar-refractivity contribution >= 4 is 27.5 Å². The molecule has 1 aromatic carbocycles. The lowest BCUT2D eigenvalue weighted by Gasteiger charge is -2.17. The zero-order chi connectivity index (χ0) is 18.9. The van der Waals surface area contributed by atoms with E-state index in [1.165, 1.54) is 0 Å². The normalized spacial score (nSPS) is 11.9. The van der Waals surface area contributed by atoms with E-state index in [0.717, 1.165) is 38.7 Å². The van der Waals surface area contributed by atoms with Crippen molar-refractivity contribution < 1.29 is 5.11 Å². The van der Waals surface area contributed by atoms with Gasteiger partial charge in [0.2, 0.25) is 0 Å². The molecular weight excluding hydrogens is 414 g/mol. The average molecular weight is 437 g/mol. The molecule has 26 heavy (non-hydrogen) atoms. The van der Waals surface area contributed by atoms with Gasteiger partial charge in [0.25, 0.3) is 0 Å². The number of hydrogen-bond acceptors (Lipinski definition) is 2. The summed E-state index contributed by atoms with van der Waals surface area (Å²) in [4.78, 5) is 3.40. The number of aliphatic hydroxyl groups is 1. The highest BCUT2D eigenvalue weighted by atomic mass is 79.9. The van der Waals surface area contributed by atoms with Crippen molar-refractivity contribution in [2.75, 3.05) is 0 Å². The summed E-state index contributed by atoms with van der Waals surface area (Å²) in [5, 5.41) is 15.9. The fraction of sp³-hybridized carbons (Fsp3) is 0.350. The summed E-state index contributed by atoms with van der Waals surface area (Å²) in [6.07, 6.45) is 4.53. The van der Waals surface area contributed by atoms with Crippen LogP contribution in [0.1, 0.15) is 31.5 Å². The molecule has 0 bridgehead atoms. The van der Waals surface area contributed by atoms with E-state index in [9.17, 15) is 5.11 Å². The first-order valence-corrected chi connectivity index (χ1v) is 10.1. The SMILES string of the molecule is Cc1c(-c2[nH]cc(-c3ccccc3Cl)c2CBr)cnn1CCC(C)(C)O. The molecule has 0 fully saturated rings. The van der Waals surface area contributed by atoms with Crippen LogP contribution < -0.4 is 0 Å². The van der Waals surface area contributed by atoms with Gasteiger partial charge < -0.3 is 10.1 Å². The van der Waals surface area contributed by atoms with Gasteiger partial charge in [-0.05, 0) is 38.8 Å². The summed E-state index contributed by atoms with van der Waals surface area (Å²) >= 11 is 10.0. The molecular formula is C20H23BrClN3O. The molecule has 0 radical (unpaired) electrons. The van der Waals surface area contributed by atoms with Gasteiger partial charge in [-0.1, -0.05) is 45.7 Å². The van der Waals surface area contributed by atoms with E-state index in [1.54, 1.807) is 0 Å². The second kappa shape index (κ2) is 7.59. The summed E-state index contributed by atoms with van der Waals surface area (Å²) in [7, 11) is 0. The molecule has 0 aliphatic heterocycles. The number of nitrogens with one attached hydrogen (secondary N) is 1. The first kappa shape index (κ1) is 19.2. The van der Waals surface area contributed by atoms with Crippen LogP contribution >= 0.6 is 27.5 Å². The summed E-state index contributed by atoms with van der Waals surface area (Å²) in [6, 6.07) is 7.86. The fourth-order valence-corrected chi connectivity index (χ4v) is 3.87. The minimum absolute atomic E-state index is 0.649. The molecule has 0 saturated heterocycles. The molecule has 0 atom stereocenters. The first-order valence-electron chi connectivity index (χ1n) is 8.58.